The van der Waals surface area contributed by atoms with Crippen LogP contribution in [0.5, 0.6) is 0 Å². The number of aliphatic hydroxyl groups excluding tert-OH is 4. The van der Waals surface area contributed by atoms with Gasteiger partial charge in [0.15, 0.2) is 0 Å². The monoisotopic (exact) mass is 451 g/mol. The first-order chi connectivity index (χ1) is 12.9. The molecular formula is C5H17N5O19. The van der Waals surface area contributed by atoms with Crippen LogP contribution in [0, 0.1) is 56.0 Å². The Hall–Kier alpha value is -4.16. The Morgan fingerprint density at radius 3 is 0.517 bits per heavy atom. The Bertz CT molecular complexity index is 330. The van der Waals surface area contributed by atoms with Gasteiger partial charge in [-0.15, -0.1) is 50.6 Å². The van der Waals surface area contributed by atoms with Crippen molar-refractivity contribution >= 4 is 0 Å². The van der Waals surface area contributed by atoms with Gasteiger partial charge in [0.1, 0.15) is 0 Å². The summed E-state index contributed by atoms with van der Waals surface area (Å²) in [4.78, 5) is 41.8. The molecule has 0 saturated carbocycles. The van der Waals surface area contributed by atoms with E-state index in [1.807, 2.05) is 0 Å². The van der Waals surface area contributed by atoms with Gasteiger partial charge in [0, 0.05) is 0 Å². The van der Waals surface area contributed by atoms with E-state index >= 15 is 0 Å². The molecule has 0 aliphatic rings. The first-order valence-electron chi connectivity index (χ1n) is 5.50. The fourth-order valence-electron chi connectivity index (χ4n) is 0.300. The molecule has 24 heteroatoms. The minimum absolute atomic E-state index is 0.406. The second-order valence-electron chi connectivity index (χ2n) is 3.32. The molecule has 0 aliphatic heterocycles. The van der Waals surface area contributed by atoms with Crippen molar-refractivity contribution in [3.8, 4) is 0 Å². The summed E-state index contributed by atoms with van der Waals surface area (Å²) in [5, 5.41) is 102. The highest BCUT2D eigenvalue weighted by Gasteiger charge is 2.26. The van der Waals surface area contributed by atoms with E-state index in [2.05, 4.69) is 0 Å². The zero-order chi connectivity index (χ0) is 25.2. The van der Waals surface area contributed by atoms with Crippen LogP contribution in [0.25, 0.3) is 0 Å². The minimum Gasteiger partial charge on any atom is -0.396 e. The fourth-order valence-corrected chi connectivity index (χ4v) is 0.300. The number of nitrogens with zero attached hydrogens (tertiary/aromatic N) is 5. The highest BCUT2D eigenvalue weighted by Crippen LogP contribution is 2.11. The molecular weight excluding hydrogens is 434 g/mol. The molecule has 0 amide bonds. The smallest absolute Gasteiger partial charge is 0.291 e. The zero-order valence-electron chi connectivity index (χ0n) is 13.7. The van der Waals surface area contributed by atoms with E-state index in [1.165, 1.54) is 0 Å². The van der Waals surface area contributed by atoms with E-state index in [1.54, 1.807) is 0 Å². The minimum atomic E-state index is -1.50. The van der Waals surface area contributed by atoms with Gasteiger partial charge in [-0.2, -0.15) is 0 Å². The fraction of sp³-hybridized carbons (Fsp3) is 1.00. The maximum absolute atomic E-state index is 8.50. The summed E-state index contributed by atoms with van der Waals surface area (Å²) in [6.07, 6.45) is 0. The molecule has 0 spiro atoms. The predicted octanol–water partition coefficient (Wildman–Crippen LogP) is -3.80. The van der Waals surface area contributed by atoms with Crippen LogP contribution >= 0.6 is 0 Å². The van der Waals surface area contributed by atoms with Crippen LogP contribution in [-0.2, 0) is 0 Å². The van der Waals surface area contributed by atoms with Gasteiger partial charge in [0.2, 0.25) is 0 Å². The first kappa shape index (κ1) is 39.8. The third-order valence-corrected chi connectivity index (χ3v) is 1.34. The van der Waals surface area contributed by atoms with Crippen molar-refractivity contribution < 1.29 is 71.9 Å². The summed E-state index contributed by atoms with van der Waals surface area (Å²) in [5.41, 5.74) is -1.11. The lowest BCUT2D eigenvalue weighted by Gasteiger charge is -2.23. The Morgan fingerprint density at radius 2 is 0.517 bits per heavy atom. The van der Waals surface area contributed by atoms with Crippen molar-refractivity contribution in [3.63, 3.8) is 0 Å². The molecule has 0 atom stereocenters. The van der Waals surface area contributed by atoms with Crippen LogP contribution in [0.4, 0.5) is 0 Å². The summed E-state index contributed by atoms with van der Waals surface area (Å²) in [6.45, 7) is -1.62. The van der Waals surface area contributed by atoms with Gasteiger partial charge in [0.05, 0.1) is 31.8 Å². The second kappa shape index (κ2) is 28.6. The summed E-state index contributed by atoms with van der Waals surface area (Å²) in [6, 6.07) is 0. The van der Waals surface area contributed by atoms with E-state index in [4.69, 9.17) is 97.0 Å². The van der Waals surface area contributed by atoms with E-state index in [-0.39, 0.29) is 0 Å². The van der Waals surface area contributed by atoms with Gasteiger partial charge in [-0.05, 0) is 0 Å². The molecule has 0 heterocycles. The van der Waals surface area contributed by atoms with Crippen molar-refractivity contribution in [3.05, 3.63) is 50.6 Å². The molecule has 0 fully saturated rings. The average Bonchev–Trinajstić information content (AvgIpc) is 2.47. The van der Waals surface area contributed by atoms with Gasteiger partial charge in [-0.25, -0.2) is 0 Å². The molecule has 0 bridgehead atoms. The largest absolute Gasteiger partial charge is 0.396 e. The molecule has 29 heavy (non-hydrogen) atoms. The first-order valence-corrected chi connectivity index (χ1v) is 5.50. The molecule has 9 N–H and O–H groups in total. The van der Waals surface area contributed by atoms with Gasteiger partial charge < -0.3 is 46.5 Å². The molecule has 0 aromatic carbocycles. The summed E-state index contributed by atoms with van der Waals surface area (Å²) in [7, 11) is 0. The molecule has 0 aromatic rings. The Morgan fingerprint density at radius 1 is 0.448 bits per heavy atom. The number of hydrogen-bond donors (Lipinski definition) is 9. The van der Waals surface area contributed by atoms with Crippen molar-refractivity contribution in [2.45, 2.75) is 0 Å². The Labute approximate surface area is 155 Å². The van der Waals surface area contributed by atoms with Gasteiger partial charge >= 0.3 is 0 Å². The summed E-state index contributed by atoms with van der Waals surface area (Å²) < 4.78 is 0. The van der Waals surface area contributed by atoms with Crippen molar-refractivity contribution in [2.24, 2.45) is 5.41 Å². The quantitative estimate of drug-likeness (QED) is 0.146. The molecule has 0 unspecified atom stereocenters. The van der Waals surface area contributed by atoms with Crippen LogP contribution in [0.3, 0.4) is 0 Å². The second-order valence-corrected chi connectivity index (χ2v) is 3.32. The van der Waals surface area contributed by atoms with Crippen LogP contribution < -0.4 is 0 Å². The zero-order valence-corrected chi connectivity index (χ0v) is 13.7. The number of aliphatic hydroxyl groups is 4. The standard InChI is InChI=1S/C5H12O4.5HNO3/c6-1-5(2-7,3-8)4-9;5*2-1(3)4/h6-9H,1-4H2;5*(H,2,3,4). The van der Waals surface area contributed by atoms with Gasteiger partial charge in [0.25, 0.3) is 25.4 Å². The van der Waals surface area contributed by atoms with Crippen LogP contribution in [0.1, 0.15) is 0 Å². The highest BCUT2D eigenvalue weighted by molar-refractivity contribution is 4.74. The Balaban J connectivity index is -0.0000000575. The molecule has 0 rings (SSSR count). The lowest BCUT2D eigenvalue weighted by Crippen LogP contribution is -2.37. The van der Waals surface area contributed by atoms with Crippen molar-refractivity contribution in [2.75, 3.05) is 26.4 Å². The topological polar surface area (TPSA) is 398 Å². The highest BCUT2D eigenvalue weighted by atomic mass is 16.9. The SMILES string of the molecule is O=[N+]([O-])O.O=[N+]([O-])O.O=[N+]([O-])O.O=[N+]([O-])O.O=[N+]([O-])O.OCC(CO)(CO)CO. The Kier molecular flexibility index (Phi) is 39.3. The number of rotatable bonds is 4. The molecule has 0 aliphatic carbocycles. The summed E-state index contributed by atoms with van der Waals surface area (Å²) in [5.74, 6) is 0. The summed E-state index contributed by atoms with van der Waals surface area (Å²) >= 11 is 0. The molecule has 24 nitrogen and oxygen atoms in total. The van der Waals surface area contributed by atoms with Gasteiger partial charge in [-0.1, -0.05) is 0 Å². The third-order valence-electron chi connectivity index (χ3n) is 1.34. The number of hydrogen-bond acceptors (Lipinski definition) is 14. The van der Waals surface area contributed by atoms with Crippen molar-refractivity contribution in [1.82, 2.24) is 0 Å². The average molecular weight is 451 g/mol. The third kappa shape index (κ3) is 185. The maximum Gasteiger partial charge on any atom is 0.291 e. The van der Waals surface area contributed by atoms with Crippen LogP contribution in [-0.4, -0.2) is 98.3 Å². The van der Waals surface area contributed by atoms with E-state index < -0.39 is 57.3 Å². The van der Waals surface area contributed by atoms with Crippen molar-refractivity contribution in [1.29, 1.82) is 0 Å². The molecule has 0 radical (unpaired) electrons. The molecule has 176 valence electrons. The van der Waals surface area contributed by atoms with E-state index in [9.17, 15) is 0 Å². The molecule has 0 saturated heterocycles. The van der Waals surface area contributed by atoms with E-state index in [0.717, 1.165) is 0 Å². The van der Waals surface area contributed by atoms with Crippen LogP contribution in [0.2, 0.25) is 0 Å². The predicted molar refractivity (Wildman–Crippen MR) is 74.7 cm³/mol. The normalized spacial score (nSPS) is 7.86. The maximum atomic E-state index is 8.50. The van der Waals surface area contributed by atoms with Gasteiger partial charge in [-0.3, -0.25) is 0 Å². The molecule has 0 aromatic heterocycles. The lowest BCUT2D eigenvalue weighted by molar-refractivity contribution is -0.742. The van der Waals surface area contributed by atoms with E-state index in [0.29, 0.717) is 0 Å². The van der Waals surface area contributed by atoms with Crippen LogP contribution in [0.15, 0.2) is 0 Å². The lowest BCUT2D eigenvalue weighted by atomic mass is 9.93.